The molecule has 0 fully saturated rings. The maximum atomic E-state index is 12.0. The number of amides is 1. The number of nitrogens with one attached hydrogen (secondary N) is 1. The van der Waals surface area contributed by atoms with Crippen LogP contribution in [-0.2, 0) is 4.79 Å². The van der Waals surface area contributed by atoms with Gasteiger partial charge in [-0.25, -0.2) is 4.98 Å². The van der Waals surface area contributed by atoms with Gasteiger partial charge in [-0.05, 0) is 35.9 Å². The Labute approximate surface area is 136 Å². The van der Waals surface area contributed by atoms with Crippen molar-refractivity contribution in [2.75, 3.05) is 5.32 Å². The van der Waals surface area contributed by atoms with Crippen molar-refractivity contribution in [1.29, 1.82) is 0 Å². The van der Waals surface area contributed by atoms with Gasteiger partial charge in [0.1, 0.15) is 5.82 Å². The Hall–Kier alpha value is -2.37. The van der Waals surface area contributed by atoms with Gasteiger partial charge in [0.15, 0.2) is 5.65 Å². The van der Waals surface area contributed by atoms with Gasteiger partial charge < -0.3 is 5.32 Å². The van der Waals surface area contributed by atoms with Crippen LogP contribution in [0, 0.1) is 0 Å². The highest BCUT2D eigenvalue weighted by Crippen LogP contribution is 2.21. The van der Waals surface area contributed by atoms with Gasteiger partial charge in [-0.2, -0.15) is 9.61 Å². The summed E-state index contributed by atoms with van der Waals surface area (Å²) in [6.07, 6.45) is 6.20. The lowest BCUT2D eigenvalue weighted by molar-refractivity contribution is -0.111. The first-order valence-corrected chi connectivity index (χ1v) is 7.12. The maximum Gasteiger partial charge on any atom is 0.249 e. The second kappa shape index (κ2) is 6.17. The van der Waals surface area contributed by atoms with Crippen molar-refractivity contribution in [3.63, 3.8) is 0 Å². The van der Waals surface area contributed by atoms with Crippen molar-refractivity contribution >= 4 is 46.7 Å². The van der Waals surface area contributed by atoms with E-state index in [0.717, 1.165) is 0 Å². The van der Waals surface area contributed by atoms with Gasteiger partial charge in [0, 0.05) is 28.4 Å². The van der Waals surface area contributed by atoms with Gasteiger partial charge in [0.2, 0.25) is 5.91 Å². The topological polar surface area (TPSA) is 59.3 Å². The van der Waals surface area contributed by atoms with Crippen LogP contribution in [0.25, 0.3) is 11.7 Å². The standard InChI is InChI=1S/C15H10Cl2N4O/c16-11-2-3-12(17)10(9-11)1-4-15(22)20-14-5-7-18-13-6-8-19-21(13)14/h1-9H,(H,20,22)/b4-1+. The summed E-state index contributed by atoms with van der Waals surface area (Å²) in [5.74, 6) is 0.223. The molecule has 0 unspecified atom stereocenters. The van der Waals surface area contributed by atoms with Gasteiger partial charge in [-0.15, -0.1) is 0 Å². The normalized spacial score (nSPS) is 11.2. The number of aromatic nitrogens is 3. The zero-order valence-corrected chi connectivity index (χ0v) is 12.7. The Kier molecular flexibility index (Phi) is 4.09. The second-order valence-corrected chi connectivity index (χ2v) is 5.26. The van der Waals surface area contributed by atoms with Crippen LogP contribution in [0.3, 0.4) is 0 Å². The molecule has 7 heteroatoms. The Morgan fingerprint density at radius 3 is 2.91 bits per heavy atom. The van der Waals surface area contributed by atoms with Crippen molar-refractivity contribution < 1.29 is 4.79 Å². The van der Waals surface area contributed by atoms with E-state index in [0.29, 0.717) is 27.1 Å². The number of halogens is 2. The van der Waals surface area contributed by atoms with Crippen molar-refractivity contribution in [2.24, 2.45) is 0 Å². The smallest absolute Gasteiger partial charge is 0.249 e. The molecule has 0 aliphatic carbocycles. The van der Waals surface area contributed by atoms with Crippen LogP contribution in [0.2, 0.25) is 10.0 Å². The van der Waals surface area contributed by atoms with Crippen LogP contribution in [-0.4, -0.2) is 20.5 Å². The molecule has 0 bridgehead atoms. The molecule has 0 aliphatic heterocycles. The van der Waals surface area contributed by atoms with Crippen LogP contribution >= 0.6 is 23.2 Å². The summed E-state index contributed by atoms with van der Waals surface area (Å²) >= 11 is 11.9. The third-order valence-electron chi connectivity index (χ3n) is 2.91. The maximum absolute atomic E-state index is 12.0. The monoisotopic (exact) mass is 332 g/mol. The van der Waals surface area contributed by atoms with Crippen LogP contribution in [0.4, 0.5) is 5.82 Å². The minimum Gasteiger partial charge on any atom is -0.307 e. The highest BCUT2D eigenvalue weighted by Gasteiger charge is 2.05. The lowest BCUT2D eigenvalue weighted by atomic mass is 10.2. The molecule has 1 N–H and O–H groups in total. The number of fused-ring (bicyclic) bond motifs is 1. The third-order valence-corrected chi connectivity index (χ3v) is 3.49. The first kappa shape index (κ1) is 14.6. The zero-order chi connectivity index (χ0) is 15.5. The van der Waals surface area contributed by atoms with E-state index in [9.17, 15) is 4.79 Å². The molecular formula is C15H10Cl2N4O. The number of anilines is 1. The van der Waals surface area contributed by atoms with Gasteiger partial charge in [-0.1, -0.05) is 23.2 Å². The van der Waals surface area contributed by atoms with Gasteiger partial charge in [-0.3, -0.25) is 4.79 Å². The van der Waals surface area contributed by atoms with E-state index in [1.165, 1.54) is 10.6 Å². The molecule has 3 rings (SSSR count). The Balaban J connectivity index is 1.79. The summed E-state index contributed by atoms with van der Waals surface area (Å²) < 4.78 is 1.54. The van der Waals surface area contributed by atoms with E-state index < -0.39 is 0 Å². The lowest BCUT2D eigenvalue weighted by Crippen LogP contribution is -2.11. The van der Waals surface area contributed by atoms with Crippen LogP contribution in [0.1, 0.15) is 5.56 Å². The highest BCUT2D eigenvalue weighted by molar-refractivity contribution is 6.34. The highest BCUT2D eigenvalue weighted by atomic mass is 35.5. The molecule has 0 radical (unpaired) electrons. The summed E-state index contributed by atoms with van der Waals surface area (Å²) in [4.78, 5) is 16.1. The first-order chi connectivity index (χ1) is 10.6. The number of rotatable bonds is 3. The Morgan fingerprint density at radius 2 is 2.05 bits per heavy atom. The molecule has 5 nitrogen and oxygen atoms in total. The van der Waals surface area contributed by atoms with E-state index in [-0.39, 0.29) is 5.91 Å². The minimum atomic E-state index is -0.306. The molecule has 1 aromatic carbocycles. The number of benzene rings is 1. The Bertz CT molecular complexity index is 873. The largest absolute Gasteiger partial charge is 0.307 e. The number of hydrogen-bond donors (Lipinski definition) is 1. The number of carbonyl (C=O) groups excluding carboxylic acids is 1. The molecule has 0 aliphatic rings. The molecule has 2 heterocycles. The lowest BCUT2D eigenvalue weighted by Gasteiger charge is -2.04. The molecule has 1 amide bonds. The average molecular weight is 333 g/mol. The van der Waals surface area contributed by atoms with E-state index in [1.807, 2.05) is 0 Å². The molecule has 22 heavy (non-hydrogen) atoms. The average Bonchev–Trinajstić information content (AvgIpc) is 2.98. The first-order valence-electron chi connectivity index (χ1n) is 6.36. The summed E-state index contributed by atoms with van der Waals surface area (Å²) in [6.45, 7) is 0. The van der Waals surface area contributed by atoms with Gasteiger partial charge in [0.25, 0.3) is 0 Å². The molecule has 3 aromatic rings. The fourth-order valence-electron chi connectivity index (χ4n) is 1.90. The number of hydrogen-bond acceptors (Lipinski definition) is 3. The zero-order valence-electron chi connectivity index (χ0n) is 11.2. The fourth-order valence-corrected chi connectivity index (χ4v) is 2.27. The molecule has 0 atom stereocenters. The fraction of sp³-hybridized carbons (Fsp3) is 0. The van der Waals surface area contributed by atoms with E-state index in [4.69, 9.17) is 23.2 Å². The quantitative estimate of drug-likeness (QED) is 0.744. The van der Waals surface area contributed by atoms with E-state index in [1.54, 1.807) is 48.8 Å². The van der Waals surface area contributed by atoms with E-state index >= 15 is 0 Å². The number of carbonyl (C=O) groups is 1. The molecule has 0 spiro atoms. The van der Waals surface area contributed by atoms with Crippen LogP contribution < -0.4 is 5.32 Å². The SMILES string of the molecule is O=C(/C=C/c1cc(Cl)ccc1Cl)Nc1ccnc2ccnn12. The van der Waals surface area contributed by atoms with Gasteiger partial charge >= 0.3 is 0 Å². The van der Waals surface area contributed by atoms with Crippen LogP contribution in [0.5, 0.6) is 0 Å². The summed E-state index contributed by atoms with van der Waals surface area (Å²) in [5, 5.41) is 7.90. The predicted molar refractivity (Wildman–Crippen MR) is 87.1 cm³/mol. The molecular weight excluding hydrogens is 323 g/mol. The minimum absolute atomic E-state index is 0.306. The molecule has 0 saturated carbocycles. The van der Waals surface area contributed by atoms with Crippen molar-refractivity contribution in [2.45, 2.75) is 0 Å². The predicted octanol–water partition coefficient (Wildman–Crippen LogP) is 3.69. The summed E-state index contributed by atoms with van der Waals surface area (Å²) in [5.41, 5.74) is 1.32. The molecule has 0 saturated heterocycles. The van der Waals surface area contributed by atoms with Crippen molar-refractivity contribution in [3.05, 3.63) is 64.4 Å². The Morgan fingerprint density at radius 1 is 1.18 bits per heavy atom. The van der Waals surface area contributed by atoms with Gasteiger partial charge in [0.05, 0.1) is 6.20 Å². The van der Waals surface area contributed by atoms with Crippen molar-refractivity contribution in [3.8, 4) is 0 Å². The second-order valence-electron chi connectivity index (χ2n) is 4.42. The van der Waals surface area contributed by atoms with Crippen LogP contribution in [0.15, 0.2) is 48.8 Å². The third kappa shape index (κ3) is 3.10. The molecule has 2 aromatic heterocycles. The summed E-state index contributed by atoms with van der Waals surface area (Å²) in [7, 11) is 0. The van der Waals surface area contributed by atoms with Crippen molar-refractivity contribution in [1.82, 2.24) is 14.6 Å². The number of nitrogens with zero attached hydrogens (tertiary/aromatic N) is 3. The van der Waals surface area contributed by atoms with E-state index in [2.05, 4.69) is 15.4 Å². The molecule has 110 valence electrons. The summed E-state index contributed by atoms with van der Waals surface area (Å²) in [6, 6.07) is 8.46.